The summed E-state index contributed by atoms with van der Waals surface area (Å²) in [6, 6.07) is 42.6. The molecule has 2 amide bonds. The van der Waals surface area contributed by atoms with Crippen LogP contribution >= 0.6 is 0 Å². The van der Waals surface area contributed by atoms with Crippen LogP contribution in [0.25, 0.3) is 60.9 Å². The van der Waals surface area contributed by atoms with Crippen LogP contribution in [0.3, 0.4) is 0 Å². The molecule has 8 aromatic rings. The van der Waals surface area contributed by atoms with Gasteiger partial charge >= 0.3 is 12.4 Å². The maximum Gasteiger partial charge on any atom is 0.417 e. The van der Waals surface area contributed by atoms with E-state index in [9.17, 15) is 35.9 Å². The number of nitrogens with zero attached hydrogens (tertiary/aromatic N) is 2. The first-order valence-electron chi connectivity index (χ1n) is 17.5. The van der Waals surface area contributed by atoms with Crippen molar-refractivity contribution >= 4 is 39.3 Å². The van der Waals surface area contributed by atoms with Crippen LogP contribution in [0, 0.1) is 0 Å². The average Bonchev–Trinajstić information content (AvgIpc) is 3.68. The van der Waals surface area contributed by atoms with E-state index in [4.69, 9.17) is 0 Å². The lowest BCUT2D eigenvalue weighted by molar-refractivity contribution is -0.142. The fourth-order valence-electron chi connectivity index (χ4n) is 7.70. The molecule has 9 rings (SSSR count). The van der Waals surface area contributed by atoms with Crippen LogP contribution in [0.5, 0.6) is 0 Å². The SMILES string of the molecule is O=C1c2cccc(-n3c4ccccc4c4cccc(-c5ccc(C(F)(F)F)cc5C(F)(F)F)c43)c2C(=O)N1c1cc(-c2ccccc2)cc(-c2ccccc2)c1. The summed E-state index contributed by atoms with van der Waals surface area (Å²) >= 11 is 0. The van der Waals surface area contributed by atoms with Gasteiger partial charge < -0.3 is 4.57 Å². The molecule has 0 fully saturated rings. The molecule has 0 spiro atoms. The van der Waals surface area contributed by atoms with E-state index in [0.29, 0.717) is 28.0 Å². The van der Waals surface area contributed by atoms with Gasteiger partial charge in [0.15, 0.2) is 0 Å². The second-order valence-corrected chi connectivity index (χ2v) is 13.5. The van der Waals surface area contributed by atoms with Crippen LogP contribution in [-0.2, 0) is 12.4 Å². The molecule has 0 bridgehead atoms. The predicted octanol–water partition coefficient (Wildman–Crippen LogP) is 12.6. The summed E-state index contributed by atoms with van der Waals surface area (Å²) in [6.07, 6.45) is -10.1. The fourth-order valence-corrected chi connectivity index (χ4v) is 7.70. The van der Waals surface area contributed by atoms with Gasteiger partial charge in [0.25, 0.3) is 11.8 Å². The molecular weight excluding hydrogens is 727 g/mol. The third-order valence-electron chi connectivity index (χ3n) is 10.2. The first kappa shape index (κ1) is 34.8. The molecule has 0 saturated carbocycles. The Morgan fingerprint density at radius 3 is 1.68 bits per heavy atom. The molecule has 1 aliphatic heterocycles. The van der Waals surface area contributed by atoms with Crippen LogP contribution in [-0.4, -0.2) is 16.4 Å². The van der Waals surface area contributed by atoms with Gasteiger partial charge in [-0.2, -0.15) is 26.3 Å². The third kappa shape index (κ3) is 5.64. The topological polar surface area (TPSA) is 42.3 Å². The van der Waals surface area contributed by atoms with Crippen molar-refractivity contribution in [3.05, 3.63) is 180 Å². The van der Waals surface area contributed by atoms with E-state index in [1.54, 1.807) is 65.2 Å². The minimum absolute atomic E-state index is 0.00551. The van der Waals surface area contributed by atoms with E-state index in [1.807, 2.05) is 66.7 Å². The van der Waals surface area contributed by atoms with Gasteiger partial charge in [-0.25, -0.2) is 4.90 Å². The van der Waals surface area contributed by atoms with Gasteiger partial charge in [0.2, 0.25) is 0 Å². The van der Waals surface area contributed by atoms with Gasteiger partial charge in [-0.1, -0.05) is 109 Å². The molecule has 1 aromatic heterocycles. The first-order valence-corrected chi connectivity index (χ1v) is 17.5. The Bertz CT molecular complexity index is 2820. The fraction of sp³-hybridized carbons (Fsp3) is 0.0435. The Morgan fingerprint density at radius 2 is 1.04 bits per heavy atom. The zero-order valence-electron chi connectivity index (χ0n) is 29.0. The van der Waals surface area contributed by atoms with Crippen LogP contribution < -0.4 is 4.90 Å². The number of halogens is 6. The van der Waals surface area contributed by atoms with Crippen molar-refractivity contribution < 1.29 is 35.9 Å². The maximum atomic E-state index is 14.8. The maximum absolute atomic E-state index is 14.8. The van der Waals surface area contributed by atoms with Gasteiger partial charge in [-0.15, -0.1) is 0 Å². The summed E-state index contributed by atoms with van der Waals surface area (Å²) in [5, 5.41) is 1.12. The number of rotatable bonds is 5. The molecule has 0 saturated heterocycles. The number of fused-ring (bicyclic) bond motifs is 4. The molecule has 0 unspecified atom stereocenters. The number of amides is 2. The van der Waals surface area contributed by atoms with Gasteiger partial charge in [-0.3, -0.25) is 9.59 Å². The van der Waals surface area contributed by atoms with Gasteiger partial charge in [-0.05, 0) is 76.3 Å². The van der Waals surface area contributed by atoms with Crippen LogP contribution in [0.1, 0.15) is 31.8 Å². The second-order valence-electron chi connectivity index (χ2n) is 13.5. The lowest BCUT2D eigenvalue weighted by Gasteiger charge is -2.19. The highest BCUT2D eigenvalue weighted by Gasteiger charge is 2.41. The molecule has 274 valence electrons. The lowest BCUT2D eigenvalue weighted by atomic mass is 9.95. The van der Waals surface area contributed by atoms with Crippen LogP contribution in [0.15, 0.2) is 158 Å². The van der Waals surface area contributed by atoms with E-state index in [2.05, 4.69) is 0 Å². The summed E-state index contributed by atoms with van der Waals surface area (Å²) in [5.41, 5.74) is 1.31. The van der Waals surface area contributed by atoms with E-state index in [1.165, 1.54) is 12.1 Å². The number of hydrogen-bond donors (Lipinski definition) is 0. The minimum Gasteiger partial charge on any atom is -0.308 e. The molecular formula is C46H26F6N2O2. The monoisotopic (exact) mass is 752 g/mol. The number of anilines is 1. The van der Waals surface area contributed by atoms with Crippen molar-refractivity contribution in [1.82, 2.24) is 4.57 Å². The van der Waals surface area contributed by atoms with Crippen molar-refractivity contribution in [2.45, 2.75) is 12.4 Å². The molecule has 0 radical (unpaired) electrons. The van der Waals surface area contributed by atoms with Crippen molar-refractivity contribution in [3.63, 3.8) is 0 Å². The molecule has 1 aliphatic rings. The second kappa shape index (κ2) is 12.8. The molecule has 2 heterocycles. The van der Waals surface area contributed by atoms with E-state index in [-0.39, 0.29) is 34.0 Å². The lowest BCUT2D eigenvalue weighted by Crippen LogP contribution is -2.29. The number of carbonyl (C=O) groups is 2. The summed E-state index contributed by atoms with van der Waals surface area (Å²) in [4.78, 5) is 30.3. The van der Waals surface area contributed by atoms with Gasteiger partial charge in [0, 0.05) is 16.3 Å². The van der Waals surface area contributed by atoms with Crippen LogP contribution in [0.2, 0.25) is 0 Å². The van der Waals surface area contributed by atoms with Crippen molar-refractivity contribution in [2.75, 3.05) is 4.90 Å². The highest BCUT2D eigenvalue weighted by molar-refractivity contribution is 6.36. The zero-order chi connectivity index (χ0) is 38.9. The number of aromatic nitrogens is 1. The van der Waals surface area contributed by atoms with Crippen molar-refractivity contribution in [2.24, 2.45) is 0 Å². The highest BCUT2D eigenvalue weighted by atomic mass is 19.4. The highest BCUT2D eigenvalue weighted by Crippen LogP contribution is 2.46. The molecule has 10 heteroatoms. The summed E-state index contributed by atoms with van der Waals surface area (Å²) < 4.78 is 86.6. The Kier molecular flexibility index (Phi) is 7.98. The van der Waals surface area contributed by atoms with E-state index in [0.717, 1.165) is 33.2 Å². The molecule has 4 nitrogen and oxygen atoms in total. The first-order chi connectivity index (χ1) is 26.9. The number of alkyl halides is 6. The number of carbonyl (C=O) groups excluding carboxylic acids is 2. The minimum atomic E-state index is -5.14. The Morgan fingerprint density at radius 1 is 0.446 bits per heavy atom. The number of imide groups is 1. The Labute approximate surface area is 315 Å². The number of benzene rings is 7. The van der Waals surface area contributed by atoms with Crippen molar-refractivity contribution in [3.8, 4) is 39.1 Å². The Balaban J connectivity index is 1.27. The molecule has 56 heavy (non-hydrogen) atoms. The molecule has 0 aliphatic carbocycles. The third-order valence-corrected chi connectivity index (χ3v) is 10.2. The smallest absolute Gasteiger partial charge is 0.308 e. The zero-order valence-corrected chi connectivity index (χ0v) is 29.0. The van der Waals surface area contributed by atoms with Crippen molar-refractivity contribution in [1.29, 1.82) is 0 Å². The summed E-state index contributed by atoms with van der Waals surface area (Å²) in [5.74, 6) is -1.22. The van der Waals surface area contributed by atoms with Crippen LogP contribution in [0.4, 0.5) is 32.0 Å². The predicted molar refractivity (Wildman–Crippen MR) is 205 cm³/mol. The summed E-state index contributed by atoms with van der Waals surface area (Å²) in [7, 11) is 0. The van der Waals surface area contributed by atoms with E-state index < -0.39 is 40.9 Å². The number of para-hydroxylation sites is 2. The molecule has 0 atom stereocenters. The summed E-state index contributed by atoms with van der Waals surface area (Å²) in [6.45, 7) is 0. The molecule has 0 N–H and O–H groups in total. The largest absolute Gasteiger partial charge is 0.417 e. The standard InChI is InChI=1S/C46H26F6N2O2/c47-45(48,49)31-21-22-33(38(26-31)46(50,51)52)35-16-9-17-36-34-15-7-8-19-39(34)54(42(35)36)40-20-10-18-37-41(40)44(56)53(43(37)55)32-24-29(27-11-3-1-4-12-27)23-30(25-32)28-13-5-2-6-14-28/h1-26H. The normalized spacial score (nSPS) is 13.2. The number of hydrogen-bond acceptors (Lipinski definition) is 2. The van der Waals surface area contributed by atoms with E-state index >= 15 is 0 Å². The molecule has 7 aromatic carbocycles. The van der Waals surface area contributed by atoms with Gasteiger partial charge in [0.05, 0.1) is 44.7 Å². The quantitative estimate of drug-likeness (QED) is 0.130. The average molecular weight is 753 g/mol. The van der Waals surface area contributed by atoms with Gasteiger partial charge in [0.1, 0.15) is 0 Å². The Hall–Kier alpha value is -6.94.